The lowest BCUT2D eigenvalue weighted by Crippen LogP contribution is -2.08. The minimum atomic E-state index is 0.276. The molecular formula is C19H19N5O2. The molecule has 0 amide bonds. The smallest absolute Gasteiger partial charge is 0.244 e. The summed E-state index contributed by atoms with van der Waals surface area (Å²) in [4.78, 5) is 4.45. The molecule has 1 aliphatic heterocycles. The van der Waals surface area contributed by atoms with Crippen LogP contribution in [0.1, 0.15) is 16.7 Å². The van der Waals surface area contributed by atoms with Gasteiger partial charge in [0, 0.05) is 13.1 Å². The zero-order valence-electron chi connectivity index (χ0n) is 14.4. The first-order valence-corrected chi connectivity index (χ1v) is 8.38. The van der Waals surface area contributed by atoms with Gasteiger partial charge in [-0.2, -0.15) is 10.1 Å². The van der Waals surface area contributed by atoms with Crippen LogP contribution in [-0.2, 0) is 13.1 Å². The zero-order valence-corrected chi connectivity index (χ0v) is 14.4. The summed E-state index contributed by atoms with van der Waals surface area (Å²) in [6.07, 6.45) is 1.60. The van der Waals surface area contributed by atoms with Crippen LogP contribution in [0.4, 0.5) is 11.8 Å². The van der Waals surface area contributed by atoms with Crippen LogP contribution >= 0.6 is 0 Å². The van der Waals surface area contributed by atoms with Gasteiger partial charge in [0.25, 0.3) is 0 Å². The number of nitrogens with zero attached hydrogens (tertiary/aromatic N) is 3. The Kier molecular flexibility index (Phi) is 4.51. The number of hydrogen-bond donors (Lipinski definition) is 2. The summed E-state index contributed by atoms with van der Waals surface area (Å²) in [5.41, 5.74) is 3.50. The van der Waals surface area contributed by atoms with E-state index in [0.717, 1.165) is 17.1 Å². The van der Waals surface area contributed by atoms with Crippen molar-refractivity contribution in [1.29, 1.82) is 0 Å². The lowest BCUT2D eigenvalue weighted by molar-refractivity contribution is 0.174. The molecular weight excluding hydrogens is 330 g/mol. The molecule has 0 fully saturated rings. The van der Waals surface area contributed by atoms with Gasteiger partial charge in [0.1, 0.15) is 0 Å². The molecule has 0 bridgehead atoms. The molecule has 4 rings (SSSR count). The monoisotopic (exact) mass is 349 g/mol. The highest BCUT2D eigenvalue weighted by atomic mass is 16.7. The van der Waals surface area contributed by atoms with Gasteiger partial charge in [-0.15, -0.1) is 5.10 Å². The van der Waals surface area contributed by atoms with Crippen LogP contribution in [-0.4, -0.2) is 22.0 Å². The number of nitrogens with one attached hydrogen (secondary N) is 2. The number of anilines is 2. The van der Waals surface area contributed by atoms with Crippen molar-refractivity contribution in [2.75, 3.05) is 17.4 Å². The quantitative estimate of drug-likeness (QED) is 0.707. The van der Waals surface area contributed by atoms with E-state index in [0.29, 0.717) is 24.9 Å². The van der Waals surface area contributed by atoms with Crippen LogP contribution in [0, 0.1) is 6.92 Å². The highest BCUT2D eigenvalue weighted by molar-refractivity contribution is 5.46. The third-order valence-corrected chi connectivity index (χ3v) is 4.17. The topological polar surface area (TPSA) is 81.2 Å². The molecule has 26 heavy (non-hydrogen) atoms. The van der Waals surface area contributed by atoms with Gasteiger partial charge in [-0.1, -0.05) is 30.3 Å². The predicted molar refractivity (Wildman–Crippen MR) is 98.2 cm³/mol. The number of fused-ring (bicyclic) bond motifs is 1. The van der Waals surface area contributed by atoms with Crippen molar-refractivity contribution in [3.05, 3.63) is 65.4 Å². The summed E-state index contributed by atoms with van der Waals surface area (Å²) in [7, 11) is 0. The highest BCUT2D eigenvalue weighted by Crippen LogP contribution is 2.32. The Labute approximate surface area is 151 Å². The predicted octanol–water partition coefficient (Wildman–Crippen LogP) is 3.13. The largest absolute Gasteiger partial charge is 0.454 e. The third-order valence-electron chi connectivity index (χ3n) is 4.17. The van der Waals surface area contributed by atoms with Crippen LogP contribution in [0.2, 0.25) is 0 Å². The van der Waals surface area contributed by atoms with E-state index in [9.17, 15) is 0 Å². The third kappa shape index (κ3) is 3.66. The summed E-state index contributed by atoms with van der Waals surface area (Å²) in [5.74, 6) is 2.69. The van der Waals surface area contributed by atoms with Gasteiger partial charge in [0.05, 0.1) is 6.20 Å². The molecule has 1 aromatic heterocycles. The van der Waals surface area contributed by atoms with Gasteiger partial charge < -0.3 is 20.1 Å². The summed E-state index contributed by atoms with van der Waals surface area (Å²) >= 11 is 0. The van der Waals surface area contributed by atoms with Crippen LogP contribution < -0.4 is 20.1 Å². The summed E-state index contributed by atoms with van der Waals surface area (Å²) in [6.45, 7) is 3.62. The van der Waals surface area contributed by atoms with Crippen molar-refractivity contribution in [1.82, 2.24) is 15.2 Å². The van der Waals surface area contributed by atoms with Gasteiger partial charge in [0.2, 0.25) is 12.7 Å². The fraction of sp³-hybridized carbons (Fsp3) is 0.211. The lowest BCUT2D eigenvalue weighted by atomic mass is 10.1. The molecule has 7 nitrogen and oxygen atoms in total. The first-order valence-electron chi connectivity index (χ1n) is 8.38. The minimum absolute atomic E-state index is 0.276. The first kappa shape index (κ1) is 16.1. The molecule has 2 N–H and O–H groups in total. The van der Waals surface area contributed by atoms with E-state index >= 15 is 0 Å². The average molecular weight is 349 g/mol. The van der Waals surface area contributed by atoms with E-state index in [1.165, 1.54) is 11.1 Å². The molecule has 0 saturated heterocycles. The number of aryl methyl sites for hydroxylation is 1. The van der Waals surface area contributed by atoms with E-state index < -0.39 is 0 Å². The Bertz CT molecular complexity index is 916. The molecule has 0 aliphatic carbocycles. The van der Waals surface area contributed by atoms with Crippen LogP contribution in [0.15, 0.2) is 48.7 Å². The second kappa shape index (κ2) is 7.26. The van der Waals surface area contributed by atoms with Crippen molar-refractivity contribution < 1.29 is 9.47 Å². The SMILES string of the molecule is Cc1ccccc1CNc1nncc(NCc2ccc3c(c2)OCO3)n1. The second-order valence-corrected chi connectivity index (χ2v) is 5.99. The molecule has 0 saturated carbocycles. The average Bonchev–Trinajstić information content (AvgIpc) is 3.14. The van der Waals surface area contributed by atoms with Gasteiger partial charge in [-0.25, -0.2) is 0 Å². The second-order valence-electron chi connectivity index (χ2n) is 5.99. The maximum atomic E-state index is 5.40. The maximum Gasteiger partial charge on any atom is 0.244 e. The van der Waals surface area contributed by atoms with Crippen molar-refractivity contribution in [2.45, 2.75) is 20.0 Å². The molecule has 0 radical (unpaired) electrons. The fourth-order valence-corrected chi connectivity index (χ4v) is 2.69. The number of hydrogen-bond acceptors (Lipinski definition) is 7. The van der Waals surface area contributed by atoms with E-state index in [1.807, 2.05) is 30.3 Å². The number of rotatable bonds is 6. The number of aromatic nitrogens is 3. The molecule has 0 spiro atoms. The van der Waals surface area contributed by atoms with E-state index in [-0.39, 0.29) is 6.79 Å². The first-order chi connectivity index (χ1) is 12.8. The summed E-state index contributed by atoms with van der Waals surface area (Å²) in [6, 6.07) is 14.1. The maximum absolute atomic E-state index is 5.40. The Balaban J connectivity index is 1.37. The normalized spacial score (nSPS) is 12.0. The van der Waals surface area contributed by atoms with Gasteiger partial charge in [-0.05, 0) is 35.7 Å². The highest BCUT2D eigenvalue weighted by Gasteiger charge is 2.13. The summed E-state index contributed by atoms with van der Waals surface area (Å²) in [5, 5.41) is 14.5. The van der Waals surface area contributed by atoms with E-state index in [2.05, 4.69) is 44.9 Å². The standard InChI is InChI=1S/C19H19N5O2/c1-13-4-2-3-5-15(13)10-21-19-23-18(11-22-24-19)20-9-14-6-7-16-17(8-14)26-12-25-16/h2-8,11H,9-10,12H2,1H3,(H2,20,21,23,24). The Morgan fingerprint density at radius 1 is 1.00 bits per heavy atom. The molecule has 1 aliphatic rings. The van der Waals surface area contributed by atoms with Crippen LogP contribution in [0.5, 0.6) is 11.5 Å². The zero-order chi connectivity index (χ0) is 17.8. The molecule has 3 aromatic rings. The van der Waals surface area contributed by atoms with Crippen LogP contribution in [0.3, 0.4) is 0 Å². The molecule has 2 aromatic carbocycles. The van der Waals surface area contributed by atoms with Crippen LogP contribution in [0.25, 0.3) is 0 Å². The number of ether oxygens (including phenoxy) is 2. The molecule has 7 heteroatoms. The minimum Gasteiger partial charge on any atom is -0.454 e. The van der Waals surface area contributed by atoms with E-state index in [4.69, 9.17) is 9.47 Å². The molecule has 2 heterocycles. The van der Waals surface area contributed by atoms with Crippen molar-refractivity contribution in [3.63, 3.8) is 0 Å². The molecule has 0 unspecified atom stereocenters. The number of benzene rings is 2. The lowest BCUT2D eigenvalue weighted by Gasteiger charge is -2.09. The van der Waals surface area contributed by atoms with Crippen molar-refractivity contribution in [3.8, 4) is 11.5 Å². The summed E-state index contributed by atoms with van der Waals surface area (Å²) < 4.78 is 10.7. The fourth-order valence-electron chi connectivity index (χ4n) is 2.69. The Morgan fingerprint density at radius 3 is 2.81 bits per heavy atom. The van der Waals surface area contributed by atoms with Gasteiger partial charge in [0.15, 0.2) is 17.3 Å². The molecule has 132 valence electrons. The van der Waals surface area contributed by atoms with E-state index in [1.54, 1.807) is 6.20 Å². The van der Waals surface area contributed by atoms with Crippen molar-refractivity contribution in [2.24, 2.45) is 0 Å². The molecule has 0 atom stereocenters. The van der Waals surface area contributed by atoms with Crippen molar-refractivity contribution >= 4 is 11.8 Å². The van der Waals surface area contributed by atoms with Gasteiger partial charge in [-0.3, -0.25) is 0 Å². The van der Waals surface area contributed by atoms with Gasteiger partial charge >= 0.3 is 0 Å². The Morgan fingerprint density at radius 2 is 1.88 bits per heavy atom. The Hall–Kier alpha value is -3.35.